The van der Waals surface area contributed by atoms with Crippen molar-refractivity contribution in [2.45, 2.75) is 95.1 Å². The van der Waals surface area contributed by atoms with Crippen LogP contribution in [-0.2, 0) is 52.4 Å². The van der Waals surface area contributed by atoms with Gasteiger partial charge in [-0.2, -0.15) is 4.39 Å². The number of ether oxygens (including phenoxy) is 6. The van der Waals surface area contributed by atoms with Crippen LogP contribution in [0.4, 0.5) is 13.6 Å². The van der Waals surface area contributed by atoms with Gasteiger partial charge < -0.3 is 33.7 Å². The number of halogens is 2. The summed E-state index contributed by atoms with van der Waals surface area (Å²) in [5.74, 6) is -7.15. The molecule has 3 rings (SSSR count). The smallest absolute Gasteiger partial charge is 0.408 e. The van der Waals surface area contributed by atoms with E-state index in [0.717, 1.165) is 27.9 Å². The molecular formula is C26H33F2N2O12+. The first-order valence-electron chi connectivity index (χ1n) is 12.9. The molecule has 0 aromatic rings. The third-order valence-corrected chi connectivity index (χ3v) is 8.00. The minimum Gasteiger partial charge on any atom is -0.465 e. The minimum atomic E-state index is -3.96. The highest BCUT2D eigenvalue weighted by atomic mass is 19.2. The first-order chi connectivity index (χ1) is 19.5. The molecule has 0 aliphatic carbocycles. The van der Waals surface area contributed by atoms with Gasteiger partial charge in [0.25, 0.3) is 0 Å². The topological polar surface area (TPSA) is 170 Å². The summed E-state index contributed by atoms with van der Waals surface area (Å²) in [5.41, 5.74) is -2.37. The number of nitrogens with zero attached hydrogens (tertiary/aromatic N) is 1. The van der Waals surface area contributed by atoms with Crippen LogP contribution in [0.2, 0.25) is 0 Å². The van der Waals surface area contributed by atoms with Crippen LogP contribution in [0, 0.1) is 12.3 Å². The zero-order valence-electron chi connectivity index (χ0n) is 23.8. The van der Waals surface area contributed by atoms with E-state index in [9.17, 15) is 28.8 Å². The quantitative estimate of drug-likeness (QED) is 0.130. The number of quaternary nitrogens is 1. The lowest BCUT2D eigenvalue weighted by molar-refractivity contribution is -0.801. The summed E-state index contributed by atoms with van der Waals surface area (Å²) in [4.78, 5) is 75.1. The summed E-state index contributed by atoms with van der Waals surface area (Å²) in [6.45, 7) is 4.57. The zero-order valence-corrected chi connectivity index (χ0v) is 23.8. The predicted molar refractivity (Wildman–Crippen MR) is 132 cm³/mol. The fourth-order valence-electron chi connectivity index (χ4n) is 6.42. The molecule has 10 atom stereocenters. The Morgan fingerprint density at radius 1 is 1.12 bits per heavy atom. The van der Waals surface area contributed by atoms with E-state index < -0.39 is 107 Å². The molecule has 3 heterocycles. The lowest BCUT2D eigenvalue weighted by Gasteiger charge is -2.55. The van der Waals surface area contributed by atoms with Crippen molar-refractivity contribution in [3.63, 3.8) is 0 Å². The van der Waals surface area contributed by atoms with Crippen LogP contribution < -0.4 is 5.32 Å². The Morgan fingerprint density at radius 2 is 1.76 bits per heavy atom. The fraction of sp³-hybridized carbons (Fsp3) is 0.692. The molecule has 16 heteroatoms. The molecular weight excluding hydrogens is 570 g/mol. The standard InChI is InChI=1S/C26H32F2N2O12/c1-8-9-29-24(36)42-25(18(39-15(5)33)11-38-14(4)32)10-17-12(2)30(17,13(3)31)19-20(40-16(6)34)21(27)26(28,23(35)37-7)41-22(19)25/h1,12,17-22H,9-11H2,2-7H3/p+1. The number of alkyl carbamates (subject to hydrolysis) is 1. The Kier molecular flexibility index (Phi) is 9.18. The summed E-state index contributed by atoms with van der Waals surface area (Å²) >= 11 is 0. The molecule has 0 spiro atoms. The first-order valence-corrected chi connectivity index (χ1v) is 12.9. The Labute approximate surface area is 239 Å². The second-order valence-corrected chi connectivity index (χ2v) is 10.3. The highest BCUT2D eigenvalue weighted by Crippen LogP contribution is 2.60. The van der Waals surface area contributed by atoms with E-state index in [4.69, 9.17) is 30.1 Å². The number of nitrogens with one attached hydrogen (secondary N) is 1. The van der Waals surface area contributed by atoms with Gasteiger partial charge in [0.15, 0.2) is 36.0 Å². The monoisotopic (exact) mass is 603 g/mol. The number of alkyl halides is 2. The predicted octanol–water partition coefficient (Wildman–Crippen LogP) is -0.00690. The number of methoxy groups -OCH3 is 1. The molecule has 3 fully saturated rings. The molecule has 42 heavy (non-hydrogen) atoms. The highest BCUT2D eigenvalue weighted by molar-refractivity contribution is 5.79. The van der Waals surface area contributed by atoms with E-state index in [1.54, 1.807) is 6.92 Å². The van der Waals surface area contributed by atoms with Crippen molar-refractivity contribution >= 4 is 35.9 Å². The van der Waals surface area contributed by atoms with E-state index in [-0.39, 0.29) is 6.54 Å². The number of piperidine rings is 1. The Bertz CT molecular complexity index is 1210. The third-order valence-electron chi connectivity index (χ3n) is 8.00. The Hall–Kier alpha value is -3.84. The Morgan fingerprint density at radius 3 is 2.26 bits per heavy atom. The largest absolute Gasteiger partial charge is 0.465 e. The highest BCUT2D eigenvalue weighted by Gasteiger charge is 2.86. The van der Waals surface area contributed by atoms with Crippen molar-refractivity contribution < 1.29 is 70.5 Å². The van der Waals surface area contributed by atoms with Crippen LogP contribution in [0.5, 0.6) is 0 Å². The number of terminal acetylenes is 1. The van der Waals surface area contributed by atoms with E-state index in [1.165, 1.54) is 6.92 Å². The zero-order chi connectivity index (χ0) is 31.8. The van der Waals surface area contributed by atoms with Gasteiger partial charge in [0.2, 0.25) is 6.17 Å². The fourth-order valence-corrected chi connectivity index (χ4v) is 6.42. The molecule has 3 aliphatic rings. The van der Waals surface area contributed by atoms with Gasteiger partial charge in [-0.05, 0) is 6.92 Å². The summed E-state index contributed by atoms with van der Waals surface area (Å²) in [6.07, 6.45) is -5.43. The number of hydrogen-bond donors (Lipinski definition) is 1. The summed E-state index contributed by atoms with van der Waals surface area (Å²) in [5, 5.41) is 2.23. The van der Waals surface area contributed by atoms with Crippen molar-refractivity contribution in [2.75, 3.05) is 20.3 Å². The van der Waals surface area contributed by atoms with Crippen LogP contribution in [0.25, 0.3) is 0 Å². The van der Waals surface area contributed by atoms with Crippen molar-refractivity contribution in [1.29, 1.82) is 0 Å². The molecule has 0 radical (unpaired) electrons. The second kappa shape index (κ2) is 11.8. The van der Waals surface area contributed by atoms with Crippen molar-refractivity contribution in [3.8, 4) is 12.3 Å². The molecule has 0 aromatic heterocycles. The van der Waals surface area contributed by atoms with Crippen LogP contribution in [0.3, 0.4) is 0 Å². The van der Waals surface area contributed by atoms with E-state index in [0.29, 0.717) is 0 Å². The van der Waals surface area contributed by atoms with Gasteiger partial charge in [0.05, 0.1) is 27.0 Å². The average molecular weight is 604 g/mol. The van der Waals surface area contributed by atoms with Gasteiger partial charge in [-0.1, -0.05) is 5.92 Å². The summed E-state index contributed by atoms with van der Waals surface area (Å²) in [6, 6.07) is -3.13. The number of carbonyl (C=O) groups is 6. The lowest BCUT2D eigenvalue weighted by atomic mass is 9.73. The molecule has 0 saturated carbocycles. The molecule has 3 saturated heterocycles. The molecule has 3 aliphatic heterocycles. The van der Waals surface area contributed by atoms with Gasteiger partial charge in [-0.15, -0.1) is 6.42 Å². The van der Waals surface area contributed by atoms with Gasteiger partial charge in [-0.3, -0.25) is 14.4 Å². The number of fused-ring (bicyclic) bond motifs is 3. The Balaban J connectivity index is 2.37. The normalized spacial score (nSPS) is 36.8. The molecule has 232 valence electrons. The maximum absolute atomic E-state index is 16.4. The number of amides is 2. The second-order valence-electron chi connectivity index (χ2n) is 10.3. The van der Waals surface area contributed by atoms with Gasteiger partial charge in [0.1, 0.15) is 12.6 Å². The minimum absolute atomic E-state index is 0.350. The SMILES string of the molecule is C#CCNC(=O)OC1(C(COC(C)=O)OC(C)=O)CC2C(C)[N+]2(C(C)=O)C2C(OC(C)=O)C(F)C(F)(C(=O)OC)OC21. The lowest BCUT2D eigenvalue weighted by Crippen LogP contribution is -2.80. The molecule has 1 N–H and O–H groups in total. The molecule has 0 aromatic carbocycles. The first kappa shape index (κ1) is 32.7. The van der Waals surface area contributed by atoms with E-state index >= 15 is 8.78 Å². The van der Waals surface area contributed by atoms with Crippen molar-refractivity contribution in [1.82, 2.24) is 5.32 Å². The number of carbonyl (C=O) groups excluding carboxylic acids is 6. The maximum atomic E-state index is 16.4. The molecule has 10 unspecified atom stereocenters. The summed E-state index contributed by atoms with van der Waals surface area (Å²) < 4.78 is 63.3. The van der Waals surface area contributed by atoms with Crippen molar-refractivity contribution in [2.24, 2.45) is 0 Å². The van der Waals surface area contributed by atoms with E-state index in [1.807, 2.05) is 0 Å². The van der Waals surface area contributed by atoms with Gasteiger partial charge >= 0.3 is 41.7 Å². The van der Waals surface area contributed by atoms with Gasteiger partial charge in [0, 0.05) is 20.8 Å². The summed E-state index contributed by atoms with van der Waals surface area (Å²) in [7, 11) is 0.749. The maximum Gasteiger partial charge on any atom is 0.408 e. The number of rotatable bonds is 8. The molecule has 0 bridgehead atoms. The van der Waals surface area contributed by atoms with Gasteiger partial charge in [-0.25, -0.2) is 23.3 Å². The number of hydrogen-bond acceptors (Lipinski definition) is 12. The van der Waals surface area contributed by atoms with Crippen LogP contribution in [0.1, 0.15) is 41.0 Å². The van der Waals surface area contributed by atoms with Crippen molar-refractivity contribution in [3.05, 3.63) is 0 Å². The molecule has 14 nitrogen and oxygen atoms in total. The average Bonchev–Trinajstić information content (AvgIpc) is 3.50. The number of esters is 4. The van der Waals surface area contributed by atoms with Crippen LogP contribution in [0.15, 0.2) is 0 Å². The van der Waals surface area contributed by atoms with E-state index in [2.05, 4.69) is 16.0 Å². The third kappa shape index (κ3) is 5.26. The van der Waals surface area contributed by atoms with Crippen LogP contribution >= 0.6 is 0 Å². The molecule has 2 amide bonds. The van der Waals surface area contributed by atoms with Crippen LogP contribution in [-0.4, -0.2) is 115 Å².